The summed E-state index contributed by atoms with van der Waals surface area (Å²) in [6, 6.07) is 7.70. The van der Waals surface area contributed by atoms with Gasteiger partial charge in [0, 0.05) is 25.2 Å². The van der Waals surface area contributed by atoms with Crippen molar-refractivity contribution in [2.45, 2.75) is 52.2 Å². The normalized spacial score (nSPS) is 18.4. The first-order chi connectivity index (χ1) is 19.9. The molecular weight excluding hydrogens is 553 g/mol. The van der Waals surface area contributed by atoms with Crippen molar-refractivity contribution >= 4 is 23.4 Å². The van der Waals surface area contributed by atoms with Gasteiger partial charge < -0.3 is 19.1 Å². The van der Waals surface area contributed by atoms with Crippen LogP contribution in [0.15, 0.2) is 42.6 Å². The molecule has 13 heteroatoms. The van der Waals surface area contributed by atoms with Gasteiger partial charge in [0.1, 0.15) is 30.0 Å². The minimum atomic E-state index is -4.51. The number of anilines is 3. The summed E-state index contributed by atoms with van der Waals surface area (Å²) in [4.78, 5) is 30.6. The molecule has 1 fully saturated rings. The Balaban J connectivity index is 1.37. The van der Waals surface area contributed by atoms with Gasteiger partial charge in [-0.25, -0.2) is 19.7 Å². The monoisotopic (exact) mass is 586 g/mol. The lowest BCUT2D eigenvalue weighted by molar-refractivity contribution is -0.141. The van der Waals surface area contributed by atoms with E-state index in [1.807, 2.05) is 20.8 Å². The van der Waals surface area contributed by atoms with Gasteiger partial charge in [-0.2, -0.15) is 13.2 Å². The zero-order valence-electron chi connectivity index (χ0n) is 23.9. The van der Waals surface area contributed by atoms with Gasteiger partial charge in [-0.1, -0.05) is 12.1 Å². The van der Waals surface area contributed by atoms with Crippen LogP contribution in [0, 0.1) is 6.92 Å². The second-order valence-corrected chi connectivity index (χ2v) is 10.5. The average molecular weight is 587 g/mol. The van der Waals surface area contributed by atoms with Gasteiger partial charge in [0.15, 0.2) is 17.4 Å². The number of fused-ring (bicyclic) bond motifs is 1. The van der Waals surface area contributed by atoms with Crippen molar-refractivity contribution in [3.8, 4) is 17.1 Å². The Morgan fingerprint density at radius 1 is 1.19 bits per heavy atom. The summed E-state index contributed by atoms with van der Waals surface area (Å²) in [6.07, 6.45) is -2.55. The van der Waals surface area contributed by atoms with Crippen molar-refractivity contribution in [2.75, 3.05) is 48.0 Å². The number of nitrogens with zero attached hydrogens (tertiary/aromatic N) is 5. The number of carbonyl (C=O) groups is 1. The van der Waals surface area contributed by atoms with Gasteiger partial charge in [-0.3, -0.25) is 10.2 Å². The molecule has 5 rings (SSSR count). The molecule has 2 aliphatic heterocycles. The van der Waals surface area contributed by atoms with Gasteiger partial charge in [-0.05, 0) is 58.4 Å². The lowest BCUT2D eigenvalue weighted by atomic mass is 10.1. The number of hydrogen-bond donors (Lipinski definition) is 1. The fraction of sp³-hybridized carbons (Fsp3) is 0.448. The lowest BCUT2D eigenvalue weighted by Gasteiger charge is -2.26. The molecule has 4 heterocycles. The molecule has 0 saturated carbocycles. The average Bonchev–Trinajstić information content (AvgIpc) is 3.18. The Morgan fingerprint density at radius 2 is 2.00 bits per heavy atom. The zero-order valence-corrected chi connectivity index (χ0v) is 23.9. The second kappa shape index (κ2) is 11.7. The SMILES string of the molecule is CCN1CCCN(C(=O)Nc2ccc(OCC3COC(C)(C)O3)cn2)c2nc(-c3cccc(C(F)(F)F)c3)nc(C)c21. The van der Waals surface area contributed by atoms with Crippen molar-refractivity contribution in [3.63, 3.8) is 0 Å². The van der Waals surface area contributed by atoms with Crippen molar-refractivity contribution in [1.29, 1.82) is 0 Å². The Morgan fingerprint density at radius 3 is 2.67 bits per heavy atom. The predicted octanol–water partition coefficient (Wildman–Crippen LogP) is 5.66. The molecule has 1 aromatic carbocycles. The van der Waals surface area contributed by atoms with E-state index in [4.69, 9.17) is 14.2 Å². The molecule has 2 amide bonds. The predicted molar refractivity (Wildman–Crippen MR) is 151 cm³/mol. The smallest absolute Gasteiger partial charge is 0.416 e. The first-order valence-corrected chi connectivity index (χ1v) is 13.7. The minimum Gasteiger partial charge on any atom is -0.489 e. The van der Waals surface area contributed by atoms with E-state index in [9.17, 15) is 18.0 Å². The van der Waals surface area contributed by atoms with Gasteiger partial charge in [0.05, 0.1) is 24.1 Å². The maximum atomic E-state index is 13.6. The number of rotatable bonds is 6. The van der Waals surface area contributed by atoms with Crippen LogP contribution < -0.4 is 19.9 Å². The number of amides is 2. The topological polar surface area (TPSA) is 102 Å². The third-order valence-electron chi connectivity index (χ3n) is 6.97. The molecule has 0 radical (unpaired) electrons. The number of pyridine rings is 1. The number of urea groups is 1. The van der Waals surface area contributed by atoms with E-state index in [0.29, 0.717) is 68.0 Å². The largest absolute Gasteiger partial charge is 0.489 e. The van der Waals surface area contributed by atoms with Crippen molar-refractivity contribution in [1.82, 2.24) is 15.0 Å². The summed E-state index contributed by atoms with van der Waals surface area (Å²) < 4.78 is 57.2. The standard InChI is InChI=1S/C29H33F3N6O4/c1-5-37-12-7-13-38(26-24(37)18(2)34-25(36-26)19-8-6-9-20(14-19)29(30,31)32)27(39)35-23-11-10-21(15-33-23)40-16-22-17-41-28(3,4)42-22/h6,8-11,14-15,22H,5,7,12-13,16-17H2,1-4H3,(H,33,35,39). The van der Waals surface area contributed by atoms with Crippen LogP contribution in [0.4, 0.5) is 35.3 Å². The van der Waals surface area contributed by atoms with Gasteiger partial charge >= 0.3 is 12.2 Å². The highest BCUT2D eigenvalue weighted by Gasteiger charge is 2.34. The van der Waals surface area contributed by atoms with Gasteiger partial charge in [0.2, 0.25) is 0 Å². The number of nitrogens with one attached hydrogen (secondary N) is 1. The van der Waals surface area contributed by atoms with E-state index >= 15 is 0 Å². The van der Waals surface area contributed by atoms with Crippen molar-refractivity contribution in [2.24, 2.45) is 0 Å². The molecule has 0 bridgehead atoms. The summed E-state index contributed by atoms with van der Waals surface area (Å²) in [5.41, 5.74) is 0.638. The number of halogens is 3. The molecule has 1 N–H and O–H groups in total. The number of aryl methyl sites for hydroxylation is 1. The fourth-order valence-electron chi connectivity index (χ4n) is 4.98. The summed E-state index contributed by atoms with van der Waals surface area (Å²) in [6.45, 7) is 9.82. The van der Waals surface area contributed by atoms with E-state index in [0.717, 1.165) is 12.1 Å². The molecule has 1 saturated heterocycles. The van der Waals surface area contributed by atoms with E-state index in [-0.39, 0.29) is 17.5 Å². The van der Waals surface area contributed by atoms with Crippen LogP contribution in [-0.2, 0) is 15.7 Å². The fourth-order valence-corrected chi connectivity index (χ4v) is 4.98. The molecular formula is C29H33F3N6O4. The number of benzene rings is 1. The van der Waals surface area contributed by atoms with Crippen LogP contribution in [0.5, 0.6) is 5.75 Å². The summed E-state index contributed by atoms with van der Waals surface area (Å²) >= 11 is 0. The van der Waals surface area contributed by atoms with Gasteiger partial charge in [0.25, 0.3) is 0 Å². The Hall–Kier alpha value is -3.97. The molecule has 1 unspecified atom stereocenters. The molecule has 3 aromatic rings. The maximum absolute atomic E-state index is 13.6. The molecule has 1 atom stereocenters. The minimum absolute atomic E-state index is 0.104. The number of aromatic nitrogens is 3. The zero-order chi connectivity index (χ0) is 30.1. The van der Waals surface area contributed by atoms with E-state index in [1.54, 1.807) is 19.1 Å². The van der Waals surface area contributed by atoms with Crippen molar-refractivity contribution in [3.05, 3.63) is 53.9 Å². The molecule has 0 aliphatic carbocycles. The first kappa shape index (κ1) is 29.5. The van der Waals surface area contributed by atoms with Crippen LogP contribution in [0.1, 0.15) is 38.4 Å². The van der Waals surface area contributed by atoms with E-state index < -0.39 is 23.6 Å². The van der Waals surface area contributed by atoms with Crippen LogP contribution >= 0.6 is 0 Å². The molecule has 10 nitrogen and oxygen atoms in total. The van der Waals surface area contributed by atoms with Crippen molar-refractivity contribution < 1.29 is 32.2 Å². The Labute approximate surface area is 241 Å². The van der Waals surface area contributed by atoms with Crippen LogP contribution in [0.25, 0.3) is 11.4 Å². The van der Waals surface area contributed by atoms with E-state index in [2.05, 4.69) is 25.2 Å². The highest BCUT2D eigenvalue weighted by molar-refractivity contribution is 6.03. The Bertz CT molecular complexity index is 1430. The highest BCUT2D eigenvalue weighted by atomic mass is 19.4. The number of ether oxygens (including phenoxy) is 3. The summed E-state index contributed by atoms with van der Waals surface area (Å²) in [7, 11) is 0. The quantitative estimate of drug-likeness (QED) is 0.395. The molecule has 224 valence electrons. The van der Waals surface area contributed by atoms with E-state index in [1.165, 1.54) is 23.2 Å². The second-order valence-electron chi connectivity index (χ2n) is 10.5. The Kier molecular flexibility index (Phi) is 8.24. The lowest BCUT2D eigenvalue weighted by Crippen LogP contribution is -2.36. The maximum Gasteiger partial charge on any atom is 0.416 e. The summed E-state index contributed by atoms with van der Waals surface area (Å²) in [5.74, 6) is 0.601. The number of alkyl halides is 3. The van der Waals surface area contributed by atoms with Gasteiger partial charge in [-0.15, -0.1) is 0 Å². The molecule has 2 aromatic heterocycles. The molecule has 42 heavy (non-hydrogen) atoms. The van der Waals surface area contributed by atoms with Crippen LogP contribution in [-0.4, -0.2) is 65.7 Å². The summed E-state index contributed by atoms with van der Waals surface area (Å²) in [5, 5.41) is 2.80. The third kappa shape index (κ3) is 6.57. The molecule has 2 aliphatic rings. The number of carbonyl (C=O) groups excluding carboxylic acids is 1. The molecule has 0 spiro atoms. The first-order valence-electron chi connectivity index (χ1n) is 13.7. The van der Waals surface area contributed by atoms with Crippen LogP contribution in [0.3, 0.4) is 0 Å². The number of hydrogen-bond acceptors (Lipinski definition) is 8. The van der Waals surface area contributed by atoms with Crippen LogP contribution in [0.2, 0.25) is 0 Å². The highest BCUT2D eigenvalue weighted by Crippen LogP contribution is 2.37. The third-order valence-corrected chi connectivity index (χ3v) is 6.97.